The van der Waals surface area contributed by atoms with Gasteiger partial charge in [0, 0.05) is 10.5 Å². The van der Waals surface area contributed by atoms with E-state index < -0.39 is 0 Å². The summed E-state index contributed by atoms with van der Waals surface area (Å²) in [6.07, 6.45) is 0.635. The maximum Gasteiger partial charge on any atom is 0.124 e. The summed E-state index contributed by atoms with van der Waals surface area (Å²) in [5.41, 5.74) is 8.22. The van der Waals surface area contributed by atoms with Crippen LogP contribution in [-0.4, -0.2) is 6.61 Å². The molecule has 20 heavy (non-hydrogen) atoms. The average Bonchev–Trinajstić information content (AvgIpc) is 2.42. The lowest BCUT2D eigenvalue weighted by molar-refractivity contribution is 0.339. The Morgan fingerprint density at radius 2 is 2.05 bits per heavy atom. The third kappa shape index (κ3) is 3.81. The van der Waals surface area contributed by atoms with Crippen molar-refractivity contribution in [2.75, 3.05) is 6.61 Å². The molecule has 0 saturated heterocycles. The van der Waals surface area contributed by atoms with E-state index >= 15 is 0 Å². The van der Waals surface area contributed by atoms with E-state index in [1.165, 1.54) is 12.1 Å². The predicted molar refractivity (Wildman–Crippen MR) is 82.3 cm³/mol. The van der Waals surface area contributed by atoms with Gasteiger partial charge in [-0.15, -0.1) is 0 Å². The van der Waals surface area contributed by atoms with Gasteiger partial charge in [0.05, 0.1) is 6.61 Å². The SMILES string of the molecule is CCOc1cccc(C(N)Cc2ccc(F)cc2Br)c1. The van der Waals surface area contributed by atoms with E-state index in [0.717, 1.165) is 21.3 Å². The van der Waals surface area contributed by atoms with Gasteiger partial charge in [0.15, 0.2) is 0 Å². The fraction of sp³-hybridized carbons (Fsp3) is 0.250. The zero-order valence-electron chi connectivity index (χ0n) is 11.3. The van der Waals surface area contributed by atoms with Crippen LogP contribution in [0.25, 0.3) is 0 Å². The van der Waals surface area contributed by atoms with Gasteiger partial charge >= 0.3 is 0 Å². The zero-order chi connectivity index (χ0) is 14.5. The van der Waals surface area contributed by atoms with Gasteiger partial charge < -0.3 is 10.5 Å². The lowest BCUT2D eigenvalue weighted by Gasteiger charge is -2.14. The Balaban J connectivity index is 2.15. The van der Waals surface area contributed by atoms with Crippen LogP contribution in [0.2, 0.25) is 0 Å². The molecule has 0 aliphatic carbocycles. The Bertz CT molecular complexity index is 588. The highest BCUT2D eigenvalue weighted by Gasteiger charge is 2.11. The number of hydrogen-bond acceptors (Lipinski definition) is 2. The van der Waals surface area contributed by atoms with Crippen molar-refractivity contribution < 1.29 is 9.13 Å². The van der Waals surface area contributed by atoms with Crippen LogP contribution >= 0.6 is 15.9 Å². The Labute approximate surface area is 126 Å². The van der Waals surface area contributed by atoms with Crippen LogP contribution in [0.1, 0.15) is 24.1 Å². The van der Waals surface area contributed by atoms with Gasteiger partial charge in [-0.25, -0.2) is 4.39 Å². The lowest BCUT2D eigenvalue weighted by atomic mass is 9.99. The minimum atomic E-state index is -0.257. The summed E-state index contributed by atoms with van der Waals surface area (Å²) in [6.45, 7) is 2.57. The molecule has 0 aromatic heterocycles. The van der Waals surface area contributed by atoms with Gasteiger partial charge in [0.25, 0.3) is 0 Å². The van der Waals surface area contributed by atoms with Gasteiger partial charge in [-0.05, 0) is 48.7 Å². The van der Waals surface area contributed by atoms with Crippen LogP contribution in [0, 0.1) is 5.82 Å². The van der Waals surface area contributed by atoms with Crippen molar-refractivity contribution in [3.05, 3.63) is 63.9 Å². The van der Waals surface area contributed by atoms with E-state index in [-0.39, 0.29) is 11.9 Å². The second-order valence-electron chi connectivity index (χ2n) is 4.55. The molecule has 0 fully saturated rings. The van der Waals surface area contributed by atoms with Crippen molar-refractivity contribution in [3.63, 3.8) is 0 Å². The first-order valence-corrected chi connectivity index (χ1v) is 7.31. The van der Waals surface area contributed by atoms with Crippen molar-refractivity contribution in [3.8, 4) is 5.75 Å². The smallest absolute Gasteiger partial charge is 0.124 e. The number of ether oxygens (including phenoxy) is 1. The molecule has 0 radical (unpaired) electrons. The molecular formula is C16H17BrFNO. The number of rotatable bonds is 5. The number of halogens is 2. The maximum absolute atomic E-state index is 13.1. The molecule has 0 amide bonds. The predicted octanol–water partition coefficient (Wildman–Crippen LogP) is 4.23. The summed E-state index contributed by atoms with van der Waals surface area (Å²) in [5, 5.41) is 0. The summed E-state index contributed by atoms with van der Waals surface area (Å²) in [7, 11) is 0. The van der Waals surface area contributed by atoms with Crippen molar-refractivity contribution in [2.24, 2.45) is 5.73 Å². The second-order valence-corrected chi connectivity index (χ2v) is 5.41. The van der Waals surface area contributed by atoms with Crippen LogP contribution < -0.4 is 10.5 Å². The van der Waals surface area contributed by atoms with Gasteiger partial charge in [0.1, 0.15) is 11.6 Å². The number of nitrogens with two attached hydrogens (primary N) is 1. The van der Waals surface area contributed by atoms with Crippen LogP contribution in [0.15, 0.2) is 46.9 Å². The van der Waals surface area contributed by atoms with E-state index in [2.05, 4.69) is 15.9 Å². The Kier molecular flexibility index (Phi) is 5.15. The zero-order valence-corrected chi connectivity index (χ0v) is 12.9. The van der Waals surface area contributed by atoms with Crippen LogP contribution in [-0.2, 0) is 6.42 Å². The van der Waals surface area contributed by atoms with Gasteiger partial charge in [-0.3, -0.25) is 0 Å². The van der Waals surface area contributed by atoms with Gasteiger partial charge in [-0.1, -0.05) is 34.1 Å². The molecule has 4 heteroatoms. The van der Waals surface area contributed by atoms with Crippen LogP contribution in [0.5, 0.6) is 5.75 Å². The Morgan fingerprint density at radius 3 is 2.75 bits per heavy atom. The molecule has 2 rings (SSSR count). The Morgan fingerprint density at radius 1 is 1.25 bits per heavy atom. The second kappa shape index (κ2) is 6.86. The van der Waals surface area contributed by atoms with Crippen LogP contribution in [0.4, 0.5) is 4.39 Å². The summed E-state index contributed by atoms with van der Waals surface area (Å²) in [4.78, 5) is 0. The van der Waals surface area contributed by atoms with Gasteiger partial charge in [-0.2, -0.15) is 0 Å². The topological polar surface area (TPSA) is 35.2 Å². The largest absolute Gasteiger partial charge is 0.494 e. The molecule has 0 bridgehead atoms. The minimum Gasteiger partial charge on any atom is -0.494 e. The number of hydrogen-bond donors (Lipinski definition) is 1. The summed E-state index contributed by atoms with van der Waals surface area (Å²) >= 11 is 3.37. The highest BCUT2D eigenvalue weighted by atomic mass is 79.9. The Hall–Kier alpha value is -1.39. The van der Waals surface area contributed by atoms with Crippen molar-refractivity contribution in [1.82, 2.24) is 0 Å². The van der Waals surface area contributed by atoms with Crippen LogP contribution in [0.3, 0.4) is 0 Å². The lowest BCUT2D eigenvalue weighted by Crippen LogP contribution is -2.13. The van der Waals surface area contributed by atoms with E-state index in [1.54, 1.807) is 6.07 Å². The van der Waals surface area contributed by atoms with E-state index in [9.17, 15) is 4.39 Å². The summed E-state index contributed by atoms with van der Waals surface area (Å²) in [5.74, 6) is 0.561. The first kappa shape index (κ1) is 15.0. The molecule has 106 valence electrons. The highest BCUT2D eigenvalue weighted by Crippen LogP contribution is 2.25. The van der Waals surface area contributed by atoms with Crippen molar-refractivity contribution >= 4 is 15.9 Å². The molecule has 1 atom stereocenters. The van der Waals surface area contributed by atoms with Gasteiger partial charge in [0.2, 0.25) is 0 Å². The van der Waals surface area contributed by atoms with Crippen molar-refractivity contribution in [2.45, 2.75) is 19.4 Å². The maximum atomic E-state index is 13.1. The molecule has 0 saturated carbocycles. The van der Waals surface area contributed by atoms with Crippen molar-refractivity contribution in [1.29, 1.82) is 0 Å². The fourth-order valence-corrected chi connectivity index (χ4v) is 2.56. The monoisotopic (exact) mass is 337 g/mol. The minimum absolute atomic E-state index is 0.155. The summed E-state index contributed by atoms with van der Waals surface area (Å²) < 4.78 is 19.3. The molecule has 2 nitrogen and oxygen atoms in total. The molecule has 2 N–H and O–H groups in total. The average molecular weight is 338 g/mol. The van der Waals surface area contributed by atoms with E-state index in [1.807, 2.05) is 31.2 Å². The third-order valence-electron chi connectivity index (χ3n) is 3.05. The summed E-state index contributed by atoms with van der Waals surface area (Å²) in [6, 6.07) is 12.3. The molecule has 2 aromatic carbocycles. The molecule has 0 aliphatic rings. The normalized spacial score (nSPS) is 12.2. The molecule has 0 aliphatic heterocycles. The third-order valence-corrected chi connectivity index (χ3v) is 3.79. The molecular weight excluding hydrogens is 321 g/mol. The van der Waals surface area contributed by atoms with E-state index in [4.69, 9.17) is 10.5 Å². The first-order valence-electron chi connectivity index (χ1n) is 6.52. The first-order chi connectivity index (χ1) is 9.60. The fourth-order valence-electron chi connectivity index (χ4n) is 2.04. The standard InChI is InChI=1S/C16H17BrFNO/c1-2-20-14-5-3-4-12(8-14)16(19)9-11-6-7-13(18)10-15(11)17/h3-8,10,16H,2,9,19H2,1H3. The highest BCUT2D eigenvalue weighted by molar-refractivity contribution is 9.10. The molecule has 0 spiro atoms. The quantitative estimate of drug-likeness (QED) is 0.886. The molecule has 1 unspecified atom stereocenters. The number of benzene rings is 2. The van der Waals surface area contributed by atoms with E-state index in [0.29, 0.717) is 13.0 Å². The molecule has 0 heterocycles. The molecule has 2 aromatic rings.